The van der Waals surface area contributed by atoms with Crippen molar-refractivity contribution in [1.29, 1.82) is 0 Å². The largest absolute Gasteiger partial charge is 0.385 e. The number of hydrogen-bond donors (Lipinski definition) is 0. The van der Waals surface area contributed by atoms with Gasteiger partial charge in [-0.05, 0) is 39.5 Å². The normalized spacial score (nSPS) is 14.2. The number of methoxy groups -OCH3 is 2. The van der Waals surface area contributed by atoms with Crippen molar-refractivity contribution in [2.75, 3.05) is 40.6 Å². The number of unbranched alkanes of at least 4 members (excludes halogenated alkanes) is 4. The molecular formula is C18H38O4. The van der Waals surface area contributed by atoms with Crippen molar-refractivity contribution < 1.29 is 18.9 Å². The Morgan fingerprint density at radius 3 is 1.86 bits per heavy atom. The second-order valence-electron chi connectivity index (χ2n) is 5.66. The molecule has 0 aliphatic rings. The highest BCUT2D eigenvalue weighted by Gasteiger charge is 2.20. The highest BCUT2D eigenvalue weighted by molar-refractivity contribution is 4.71. The van der Waals surface area contributed by atoms with Crippen molar-refractivity contribution >= 4 is 0 Å². The molecule has 0 bridgehead atoms. The van der Waals surface area contributed by atoms with Crippen molar-refractivity contribution in [2.24, 2.45) is 0 Å². The summed E-state index contributed by atoms with van der Waals surface area (Å²) < 4.78 is 22.1. The van der Waals surface area contributed by atoms with Gasteiger partial charge in [0.25, 0.3) is 0 Å². The third kappa shape index (κ3) is 12.4. The molecule has 0 aromatic rings. The summed E-state index contributed by atoms with van der Waals surface area (Å²) in [5, 5.41) is 0. The first-order valence-electron chi connectivity index (χ1n) is 9.01. The summed E-state index contributed by atoms with van der Waals surface area (Å²) in [6, 6.07) is 0. The molecule has 4 heteroatoms. The average Bonchev–Trinajstić information content (AvgIpc) is 2.53. The van der Waals surface area contributed by atoms with Crippen molar-refractivity contribution in [1.82, 2.24) is 0 Å². The summed E-state index contributed by atoms with van der Waals surface area (Å²) in [7, 11) is 3.57. The van der Waals surface area contributed by atoms with E-state index < -0.39 is 0 Å². The van der Waals surface area contributed by atoms with Crippen LogP contribution in [0.3, 0.4) is 0 Å². The van der Waals surface area contributed by atoms with E-state index in [4.69, 9.17) is 18.9 Å². The molecule has 0 amide bonds. The van der Waals surface area contributed by atoms with Gasteiger partial charge in [0.05, 0.1) is 12.2 Å². The Hall–Kier alpha value is -0.160. The van der Waals surface area contributed by atoms with Gasteiger partial charge in [0.15, 0.2) is 0 Å². The zero-order valence-corrected chi connectivity index (χ0v) is 15.3. The minimum atomic E-state index is 0.217. The van der Waals surface area contributed by atoms with Crippen LogP contribution in [0.25, 0.3) is 0 Å². The predicted molar refractivity (Wildman–Crippen MR) is 91.5 cm³/mol. The van der Waals surface area contributed by atoms with E-state index in [1.54, 1.807) is 14.2 Å². The van der Waals surface area contributed by atoms with E-state index in [1.807, 2.05) is 6.92 Å². The molecule has 0 rings (SSSR count). The van der Waals surface area contributed by atoms with Gasteiger partial charge in [-0.2, -0.15) is 0 Å². The molecule has 2 atom stereocenters. The van der Waals surface area contributed by atoms with Gasteiger partial charge < -0.3 is 18.9 Å². The zero-order valence-electron chi connectivity index (χ0n) is 15.3. The third-order valence-electron chi connectivity index (χ3n) is 3.92. The van der Waals surface area contributed by atoms with Crippen molar-refractivity contribution in [3.05, 3.63) is 0 Å². The smallest absolute Gasteiger partial charge is 0.0836 e. The number of hydrogen-bond acceptors (Lipinski definition) is 4. The molecule has 134 valence electrons. The van der Waals surface area contributed by atoms with Gasteiger partial charge >= 0.3 is 0 Å². The molecular weight excluding hydrogens is 280 g/mol. The Bertz CT molecular complexity index is 211. The van der Waals surface area contributed by atoms with E-state index in [9.17, 15) is 0 Å². The monoisotopic (exact) mass is 318 g/mol. The quantitative estimate of drug-likeness (QED) is 0.376. The Labute approximate surface area is 137 Å². The molecule has 4 nitrogen and oxygen atoms in total. The van der Waals surface area contributed by atoms with Gasteiger partial charge in [0.2, 0.25) is 0 Å². The van der Waals surface area contributed by atoms with E-state index in [0.717, 1.165) is 52.1 Å². The zero-order chi connectivity index (χ0) is 16.5. The molecule has 0 fully saturated rings. The van der Waals surface area contributed by atoms with Crippen LogP contribution < -0.4 is 0 Å². The maximum atomic E-state index is 5.92. The lowest BCUT2D eigenvalue weighted by molar-refractivity contribution is -0.0612. The molecule has 0 saturated carbocycles. The van der Waals surface area contributed by atoms with Crippen LogP contribution in [0.1, 0.15) is 65.2 Å². The van der Waals surface area contributed by atoms with Crippen molar-refractivity contribution in [2.45, 2.75) is 77.4 Å². The Morgan fingerprint density at radius 1 is 0.682 bits per heavy atom. The first-order chi connectivity index (χ1) is 10.8. The second kappa shape index (κ2) is 17.2. The van der Waals surface area contributed by atoms with Crippen LogP contribution in [0.15, 0.2) is 0 Å². The molecule has 0 aliphatic carbocycles. The van der Waals surface area contributed by atoms with Crippen LogP contribution in [0, 0.1) is 0 Å². The fourth-order valence-electron chi connectivity index (χ4n) is 2.69. The molecule has 0 N–H and O–H groups in total. The van der Waals surface area contributed by atoms with Crippen LogP contribution in [0.2, 0.25) is 0 Å². The molecule has 22 heavy (non-hydrogen) atoms. The summed E-state index contributed by atoms with van der Waals surface area (Å²) in [5.41, 5.74) is 0. The van der Waals surface area contributed by atoms with Gasteiger partial charge in [-0.1, -0.05) is 25.7 Å². The molecule has 0 aliphatic heterocycles. The van der Waals surface area contributed by atoms with Crippen LogP contribution >= 0.6 is 0 Å². The Balaban J connectivity index is 3.91. The summed E-state index contributed by atoms with van der Waals surface area (Å²) in [5.74, 6) is 0. The topological polar surface area (TPSA) is 36.9 Å². The van der Waals surface area contributed by atoms with Crippen molar-refractivity contribution in [3.63, 3.8) is 0 Å². The van der Waals surface area contributed by atoms with Gasteiger partial charge in [-0.25, -0.2) is 0 Å². The van der Waals surface area contributed by atoms with E-state index in [2.05, 4.69) is 6.92 Å². The lowest BCUT2D eigenvalue weighted by Crippen LogP contribution is -2.31. The number of rotatable bonds is 17. The summed E-state index contributed by atoms with van der Waals surface area (Å²) in [6.45, 7) is 7.41. The Kier molecular flexibility index (Phi) is 17.1. The molecule has 0 heterocycles. The fourth-order valence-corrected chi connectivity index (χ4v) is 2.69. The predicted octanol–water partition coefficient (Wildman–Crippen LogP) is 4.21. The van der Waals surface area contributed by atoms with Crippen LogP contribution in [-0.4, -0.2) is 52.9 Å². The first-order valence-corrected chi connectivity index (χ1v) is 9.01. The summed E-state index contributed by atoms with van der Waals surface area (Å²) >= 11 is 0. The average molecular weight is 318 g/mol. The van der Waals surface area contributed by atoms with E-state index in [1.165, 1.54) is 25.7 Å². The first kappa shape index (κ1) is 21.8. The summed E-state index contributed by atoms with van der Waals surface area (Å²) in [6.07, 6.45) is 9.62. The highest BCUT2D eigenvalue weighted by Crippen LogP contribution is 2.18. The van der Waals surface area contributed by atoms with Crippen LogP contribution in [-0.2, 0) is 18.9 Å². The minimum Gasteiger partial charge on any atom is -0.385 e. The van der Waals surface area contributed by atoms with E-state index in [-0.39, 0.29) is 12.2 Å². The Morgan fingerprint density at radius 2 is 1.32 bits per heavy atom. The van der Waals surface area contributed by atoms with Gasteiger partial charge in [0, 0.05) is 40.6 Å². The fraction of sp³-hybridized carbons (Fsp3) is 1.00. The second-order valence-corrected chi connectivity index (χ2v) is 5.66. The van der Waals surface area contributed by atoms with Gasteiger partial charge in [-0.3, -0.25) is 0 Å². The van der Waals surface area contributed by atoms with Crippen LogP contribution in [0.4, 0.5) is 0 Å². The standard InChI is InChI=1S/C18H38O4/c1-5-21-16-12-8-10-14-18(22-6-2)17(20-4)13-9-7-11-15-19-3/h17-18H,5-16H2,1-4H3. The molecule has 0 spiro atoms. The van der Waals surface area contributed by atoms with Crippen molar-refractivity contribution in [3.8, 4) is 0 Å². The van der Waals surface area contributed by atoms with E-state index >= 15 is 0 Å². The maximum Gasteiger partial charge on any atom is 0.0836 e. The lowest BCUT2D eigenvalue weighted by Gasteiger charge is -2.26. The molecule has 0 aromatic heterocycles. The molecule has 2 unspecified atom stereocenters. The molecule has 0 radical (unpaired) electrons. The lowest BCUT2D eigenvalue weighted by atomic mass is 10.0. The number of ether oxygens (including phenoxy) is 4. The van der Waals surface area contributed by atoms with Crippen LogP contribution in [0.5, 0.6) is 0 Å². The highest BCUT2D eigenvalue weighted by atomic mass is 16.5. The third-order valence-corrected chi connectivity index (χ3v) is 3.92. The SMILES string of the molecule is CCOCCCCCC(OCC)C(CCCCCOC)OC. The summed E-state index contributed by atoms with van der Waals surface area (Å²) in [4.78, 5) is 0. The van der Waals surface area contributed by atoms with E-state index in [0.29, 0.717) is 0 Å². The maximum absolute atomic E-state index is 5.92. The molecule has 0 saturated heterocycles. The molecule has 0 aromatic carbocycles. The minimum absolute atomic E-state index is 0.217. The van der Waals surface area contributed by atoms with Gasteiger partial charge in [-0.15, -0.1) is 0 Å². The van der Waals surface area contributed by atoms with Gasteiger partial charge in [0.1, 0.15) is 0 Å².